The van der Waals surface area contributed by atoms with Crippen LogP contribution in [0.2, 0.25) is 0 Å². The van der Waals surface area contributed by atoms with Crippen LogP contribution in [0.1, 0.15) is 0 Å². The fraction of sp³-hybridized carbons (Fsp3) is 0.143. The molecule has 0 saturated heterocycles. The zero-order valence-electron chi connectivity index (χ0n) is 12.4. The molecule has 0 spiro atoms. The van der Waals surface area contributed by atoms with Gasteiger partial charge < -0.3 is 14.2 Å². The summed E-state index contributed by atoms with van der Waals surface area (Å²) in [4.78, 5) is 10.1. The van der Waals surface area contributed by atoms with E-state index in [0.717, 1.165) is 6.07 Å². The van der Waals surface area contributed by atoms with E-state index in [4.69, 9.17) is 14.2 Å². The second kappa shape index (κ2) is 5.89. The number of anilines is 1. The Morgan fingerprint density at radius 1 is 1.17 bits per heavy atom. The molecule has 24 heavy (non-hydrogen) atoms. The number of rotatable bonds is 5. The third kappa shape index (κ3) is 2.91. The van der Waals surface area contributed by atoms with Crippen LogP contribution in [0.15, 0.2) is 41.3 Å². The maximum absolute atomic E-state index is 12.4. The second-order valence-electron chi connectivity index (χ2n) is 4.76. The summed E-state index contributed by atoms with van der Waals surface area (Å²) in [6.07, 6.45) is 0. The van der Waals surface area contributed by atoms with Crippen molar-refractivity contribution in [2.45, 2.75) is 4.90 Å². The lowest BCUT2D eigenvalue weighted by molar-refractivity contribution is -0.386. The first kappa shape index (κ1) is 15.9. The summed E-state index contributed by atoms with van der Waals surface area (Å²) in [5, 5.41) is 11.0. The Morgan fingerprint density at radius 2 is 1.92 bits per heavy atom. The zero-order chi connectivity index (χ0) is 17.3. The van der Waals surface area contributed by atoms with Gasteiger partial charge in [-0.2, -0.15) is 0 Å². The number of benzene rings is 2. The summed E-state index contributed by atoms with van der Waals surface area (Å²) in [5.74, 6) is 0.899. The van der Waals surface area contributed by atoms with Crippen LogP contribution in [-0.2, 0) is 10.0 Å². The molecule has 0 aromatic heterocycles. The predicted molar refractivity (Wildman–Crippen MR) is 83.0 cm³/mol. The van der Waals surface area contributed by atoms with Crippen LogP contribution >= 0.6 is 0 Å². The topological polar surface area (TPSA) is 117 Å². The van der Waals surface area contributed by atoms with Crippen LogP contribution in [0, 0.1) is 10.1 Å². The number of methoxy groups -OCH3 is 1. The first-order chi connectivity index (χ1) is 11.4. The van der Waals surface area contributed by atoms with Crippen molar-refractivity contribution in [1.82, 2.24) is 0 Å². The van der Waals surface area contributed by atoms with Crippen molar-refractivity contribution in [1.29, 1.82) is 0 Å². The molecule has 0 amide bonds. The number of nitro benzene ring substituents is 1. The number of nitrogens with one attached hydrogen (secondary N) is 1. The van der Waals surface area contributed by atoms with Gasteiger partial charge in [0.2, 0.25) is 6.79 Å². The Bertz CT molecular complexity index is 911. The molecular weight excluding hydrogens is 340 g/mol. The van der Waals surface area contributed by atoms with E-state index in [1.54, 1.807) is 6.07 Å². The van der Waals surface area contributed by atoms with Crippen LogP contribution in [0.4, 0.5) is 11.4 Å². The number of hydrogen-bond acceptors (Lipinski definition) is 7. The number of hydrogen-bond donors (Lipinski definition) is 1. The SMILES string of the molecule is COc1ccc(S(=O)(=O)Nc2ccc3c(c2)OCO3)cc1[N+](=O)[O-]. The molecule has 1 heterocycles. The molecular formula is C14H12N2O7S. The highest BCUT2D eigenvalue weighted by Crippen LogP contribution is 2.35. The average Bonchev–Trinajstić information content (AvgIpc) is 3.01. The lowest BCUT2D eigenvalue weighted by atomic mass is 10.3. The van der Waals surface area contributed by atoms with Gasteiger partial charge in [0.25, 0.3) is 10.0 Å². The maximum atomic E-state index is 12.4. The van der Waals surface area contributed by atoms with Crippen molar-refractivity contribution >= 4 is 21.4 Å². The molecule has 1 N–H and O–H groups in total. The molecule has 2 aromatic rings. The molecule has 126 valence electrons. The van der Waals surface area contributed by atoms with Gasteiger partial charge in [0, 0.05) is 12.1 Å². The van der Waals surface area contributed by atoms with Gasteiger partial charge in [-0.25, -0.2) is 8.42 Å². The monoisotopic (exact) mass is 352 g/mol. The van der Waals surface area contributed by atoms with Gasteiger partial charge in [-0.1, -0.05) is 0 Å². The maximum Gasteiger partial charge on any atom is 0.312 e. The number of ether oxygens (including phenoxy) is 3. The van der Waals surface area contributed by atoms with E-state index < -0.39 is 20.6 Å². The van der Waals surface area contributed by atoms with Gasteiger partial charge >= 0.3 is 5.69 Å². The van der Waals surface area contributed by atoms with E-state index in [0.29, 0.717) is 11.5 Å². The lowest BCUT2D eigenvalue weighted by Gasteiger charge is -2.09. The smallest absolute Gasteiger partial charge is 0.312 e. The van der Waals surface area contributed by atoms with Crippen molar-refractivity contribution in [3.8, 4) is 17.2 Å². The van der Waals surface area contributed by atoms with Crippen LogP contribution < -0.4 is 18.9 Å². The van der Waals surface area contributed by atoms with E-state index in [9.17, 15) is 18.5 Å². The standard InChI is InChI=1S/C14H12N2O7S/c1-21-12-5-3-10(7-11(12)16(17)18)24(19,20)15-9-2-4-13-14(6-9)23-8-22-13/h2-7,15H,8H2,1H3. The highest BCUT2D eigenvalue weighted by Gasteiger charge is 2.23. The molecule has 0 saturated carbocycles. The minimum atomic E-state index is -4.02. The Kier molecular flexibility index (Phi) is 3.89. The molecule has 10 heteroatoms. The summed E-state index contributed by atoms with van der Waals surface area (Å²) in [6.45, 7) is 0.0657. The Balaban J connectivity index is 1.93. The molecule has 2 aromatic carbocycles. The first-order valence-electron chi connectivity index (χ1n) is 6.65. The molecule has 0 aliphatic carbocycles. The molecule has 0 radical (unpaired) electrons. The molecule has 0 fully saturated rings. The van der Waals surface area contributed by atoms with Gasteiger partial charge in [-0.05, 0) is 24.3 Å². The van der Waals surface area contributed by atoms with E-state index in [-0.39, 0.29) is 23.1 Å². The van der Waals surface area contributed by atoms with Crippen LogP contribution in [-0.4, -0.2) is 27.2 Å². The highest BCUT2D eigenvalue weighted by molar-refractivity contribution is 7.92. The lowest BCUT2D eigenvalue weighted by Crippen LogP contribution is -2.13. The molecule has 0 bridgehead atoms. The minimum Gasteiger partial charge on any atom is -0.490 e. The molecule has 1 aliphatic heterocycles. The van der Waals surface area contributed by atoms with E-state index in [1.165, 1.54) is 31.4 Å². The van der Waals surface area contributed by atoms with Gasteiger partial charge in [-0.3, -0.25) is 14.8 Å². The normalized spacial score (nSPS) is 12.7. The van der Waals surface area contributed by atoms with Crippen LogP contribution in [0.25, 0.3) is 0 Å². The van der Waals surface area contributed by atoms with Crippen LogP contribution in [0.5, 0.6) is 17.2 Å². The van der Waals surface area contributed by atoms with Crippen LogP contribution in [0.3, 0.4) is 0 Å². The second-order valence-corrected chi connectivity index (χ2v) is 6.45. The summed E-state index contributed by atoms with van der Waals surface area (Å²) in [5.41, 5.74) is -0.191. The van der Waals surface area contributed by atoms with E-state index in [1.807, 2.05) is 0 Å². The number of fused-ring (bicyclic) bond motifs is 1. The molecule has 9 nitrogen and oxygen atoms in total. The Hall–Kier alpha value is -3.01. The van der Waals surface area contributed by atoms with Crippen molar-refractivity contribution in [3.63, 3.8) is 0 Å². The number of nitrogens with zero attached hydrogens (tertiary/aromatic N) is 1. The van der Waals surface area contributed by atoms with Crippen molar-refractivity contribution in [2.75, 3.05) is 18.6 Å². The highest BCUT2D eigenvalue weighted by atomic mass is 32.2. The largest absolute Gasteiger partial charge is 0.490 e. The van der Waals surface area contributed by atoms with Crippen molar-refractivity contribution in [3.05, 3.63) is 46.5 Å². The molecule has 1 aliphatic rings. The summed E-state index contributed by atoms with van der Waals surface area (Å²) in [7, 11) is -2.75. The first-order valence-corrected chi connectivity index (χ1v) is 8.14. The zero-order valence-corrected chi connectivity index (χ0v) is 13.2. The van der Waals surface area contributed by atoms with Gasteiger partial charge in [0.15, 0.2) is 17.2 Å². The van der Waals surface area contributed by atoms with Crippen molar-refractivity contribution < 1.29 is 27.6 Å². The third-order valence-corrected chi connectivity index (χ3v) is 4.66. The summed E-state index contributed by atoms with van der Waals surface area (Å²) >= 11 is 0. The van der Waals surface area contributed by atoms with Crippen molar-refractivity contribution in [2.24, 2.45) is 0 Å². The molecule has 0 atom stereocenters. The summed E-state index contributed by atoms with van der Waals surface area (Å²) in [6, 6.07) is 7.93. The molecule has 0 unspecified atom stereocenters. The quantitative estimate of drug-likeness (QED) is 0.647. The van der Waals surface area contributed by atoms with E-state index >= 15 is 0 Å². The Labute approximate surface area is 137 Å². The van der Waals surface area contributed by atoms with E-state index in [2.05, 4.69) is 4.72 Å². The Morgan fingerprint density at radius 3 is 2.62 bits per heavy atom. The van der Waals surface area contributed by atoms with Gasteiger partial charge in [0.1, 0.15) is 0 Å². The van der Waals surface area contributed by atoms with Gasteiger partial charge in [0.05, 0.1) is 22.6 Å². The minimum absolute atomic E-state index is 0.0259. The third-order valence-electron chi connectivity index (χ3n) is 3.28. The molecule has 3 rings (SSSR count). The van der Waals surface area contributed by atoms with Gasteiger partial charge in [-0.15, -0.1) is 0 Å². The summed E-state index contributed by atoms with van der Waals surface area (Å²) < 4.78 is 42.4. The number of sulfonamides is 1. The number of nitro groups is 1. The fourth-order valence-corrected chi connectivity index (χ4v) is 3.22. The predicted octanol–water partition coefficient (Wildman–Crippen LogP) is 2.13. The fourth-order valence-electron chi connectivity index (χ4n) is 2.15. The average molecular weight is 352 g/mol.